The average molecular weight is 290 g/mol. The molecule has 0 aliphatic heterocycles. The number of nitrogens with two attached hydrogens (primary N) is 1. The number of carbonyl (C=O) groups is 1. The topological polar surface area (TPSA) is 55.1 Å². The Morgan fingerprint density at radius 1 is 1.50 bits per heavy atom. The summed E-state index contributed by atoms with van der Waals surface area (Å²) in [6.07, 6.45) is 2.07. The van der Waals surface area contributed by atoms with Gasteiger partial charge in [-0.05, 0) is 42.5 Å². The molecule has 0 aliphatic carbocycles. The highest BCUT2D eigenvalue weighted by Crippen LogP contribution is 2.11. The molecule has 4 heteroatoms. The molecule has 0 heterocycles. The Kier molecular flexibility index (Phi) is 7.21. The van der Waals surface area contributed by atoms with E-state index in [1.165, 1.54) is 0 Å². The molecule has 0 aromatic heterocycles. The predicted octanol–water partition coefficient (Wildman–Crippen LogP) is 2.03. The minimum atomic E-state index is -0.0701. The van der Waals surface area contributed by atoms with Crippen molar-refractivity contribution in [1.82, 2.24) is 5.32 Å². The highest BCUT2D eigenvalue weighted by Gasteiger charge is 2.11. The molecule has 108 valence electrons. The van der Waals surface area contributed by atoms with Crippen LogP contribution in [0.1, 0.15) is 28.4 Å². The largest absolute Gasteiger partial charge is 0.352 e. The number of hydrogen-bond acceptors (Lipinski definition) is 3. The van der Waals surface area contributed by atoms with Gasteiger partial charge in [0.25, 0.3) is 5.91 Å². The fourth-order valence-electron chi connectivity index (χ4n) is 1.81. The van der Waals surface area contributed by atoms with E-state index in [9.17, 15) is 4.79 Å². The van der Waals surface area contributed by atoms with Gasteiger partial charge < -0.3 is 11.1 Å². The Hall–Kier alpha value is -1.44. The Balaban J connectivity index is 2.81. The van der Waals surface area contributed by atoms with E-state index in [1.807, 2.05) is 25.1 Å². The molecule has 0 bridgehead atoms. The number of amides is 1. The third kappa shape index (κ3) is 5.28. The van der Waals surface area contributed by atoms with Crippen LogP contribution in [0.25, 0.3) is 0 Å². The van der Waals surface area contributed by atoms with Gasteiger partial charge in [-0.1, -0.05) is 24.8 Å². The van der Waals surface area contributed by atoms with Crippen LogP contribution in [0.15, 0.2) is 18.2 Å². The Morgan fingerprint density at radius 3 is 2.90 bits per heavy atom. The van der Waals surface area contributed by atoms with Gasteiger partial charge in [-0.15, -0.1) is 0 Å². The van der Waals surface area contributed by atoms with Gasteiger partial charge in [-0.25, -0.2) is 0 Å². The predicted molar refractivity (Wildman–Crippen MR) is 87.0 cm³/mol. The molecule has 0 saturated carbocycles. The Morgan fingerprint density at radius 2 is 2.25 bits per heavy atom. The molecule has 0 fully saturated rings. The number of benzene rings is 1. The summed E-state index contributed by atoms with van der Waals surface area (Å²) in [5.41, 5.74) is 7.84. The monoisotopic (exact) mass is 290 g/mol. The van der Waals surface area contributed by atoms with Crippen molar-refractivity contribution in [1.29, 1.82) is 0 Å². The molecule has 0 saturated heterocycles. The number of thioether (sulfide) groups is 1. The summed E-state index contributed by atoms with van der Waals surface area (Å²) in [6.45, 7) is 5.08. The fourth-order valence-corrected chi connectivity index (χ4v) is 2.50. The van der Waals surface area contributed by atoms with E-state index in [-0.39, 0.29) is 5.91 Å². The van der Waals surface area contributed by atoms with Crippen LogP contribution in [0.5, 0.6) is 0 Å². The summed E-state index contributed by atoms with van der Waals surface area (Å²) in [5.74, 6) is 7.20. The lowest BCUT2D eigenvalue weighted by molar-refractivity contribution is 0.0949. The molecule has 3 N–H and O–H groups in total. The zero-order chi connectivity index (χ0) is 15.0. The Bertz CT molecular complexity index is 517. The lowest BCUT2D eigenvalue weighted by Gasteiger charge is -2.12. The summed E-state index contributed by atoms with van der Waals surface area (Å²) < 4.78 is 0. The van der Waals surface area contributed by atoms with Gasteiger partial charge in [-0.2, -0.15) is 11.8 Å². The molecule has 1 aromatic carbocycles. The van der Waals surface area contributed by atoms with Crippen molar-refractivity contribution in [2.75, 3.05) is 25.1 Å². The van der Waals surface area contributed by atoms with E-state index in [0.29, 0.717) is 24.6 Å². The van der Waals surface area contributed by atoms with Gasteiger partial charge in [0.05, 0.1) is 12.1 Å². The maximum Gasteiger partial charge on any atom is 0.252 e. The van der Waals surface area contributed by atoms with Gasteiger partial charge in [0.2, 0.25) is 0 Å². The molecule has 20 heavy (non-hydrogen) atoms. The SMILES string of the molecule is CSCC(C)CNC(=O)c1ccc(C)cc1C#CCN. The number of nitrogens with one attached hydrogen (secondary N) is 1. The first kappa shape index (κ1) is 16.6. The summed E-state index contributed by atoms with van der Waals surface area (Å²) in [7, 11) is 0. The van der Waals surface area contributed by atoms with Crippen molar-refractivity contribution < 1.29 is 4.79 Å². The summed E-state index contributed by atoms with van der Waals surface area (Å²) in [6, 6.07) is 5.67. The van der Waals surface area contributed by atoms with Gasteiger partial charge in [0.15, 0.2) is 0 Å². The molecule has 1 aromatic rings. The quantitative estimate of drug-likeness (QED) is 0.816. The lowest BCUT2D eigenvalue weighted by Crippen LogP contribution is -2.29. The van der Waals surface area contributed by atoms with E-state index >= 15 is 0 Å². The minimum absolute atomic E-state index is 0.0701. The van der Waals surface area contributed by atoms with Crippen molar-refractivity contribution in [3.8, 4) is 11.8 Å². The first-order chi connectivity index (χ1) is 9.58. The van der Waals surface area contributed by atoms with Crippen molar-refractivity contribution in [3.63, 3.8) is 0 Å². The van der Waals surface area contributed by atoms with E-state index in [0.717, 1.165) is 16.9 Å². The summed E-state index contributed by atoms with van der Waals surface area (Å²) in [5, 5.41) is 2.97. The molecular formula is C16H22N2OS. The van der Waals surface area contributed by atoms with Crippen LogP contribution in [0.3, 0.4) is 0 Å². The summed E-state index contributed by atoms with van der Waals surface area (Å²) in [4.78, 5) is 12.2. The van der Waals surface area contributed by atoms with Crippen LogP contribution in [-0.4, -0.2) is 31.0 Å². The van der Waals surface area contributed by atoms with Crippen molar-refractivity contribution in [3.05, 3.63) is 34.9 Å². The maximum atomic E-state index is 12.2. The van der Waals surface area contributed by atoms with Crippen molar-refractivity contribution >= 4 is 17.7 Å². The first-order valence-electron chi connectivity index (χ1n) is 6.65. The third-order valence-corrected chi connectivity index (χ3v) is 3.71. The molecule has 1 atom stereocenters. The molecule has 0 spiro atoms. The van der Waals surface area contributed by atoms with E-state index in [4.69, 9.17) is 5.73 Å². The highest BCUT2D eigenvalue weighted by molar-refractivity contribution is 7.98. The lowest BCUT2D eigenvalue weighted by atomic mass is 10.0. The van der Waals surface area contributed by atoms with E-state index < -0.39 is 0 Å². The van der Waals surface area contributed by atoms with Crippen molar-refractivity contribution in [2.24, 2.45) is 11.7 Å². The number of aryl methyl sites for hydroxylation is 1. The molecule has 1 unspecified atom stereocenters. The molecule has 1 amide bonds. The average Bonchev–Trinajstić information content (AvgIpc) is 2.43. The molecule has 1 rings (SSSR count). The second-order valence-electron chi connectivity index (χ2n) is 4.83. The van der Waals surface area contributed by atoms with Crippen molar-refractivity contribution in [2.45, 2.75) is 13.8 Å². The third-order valence-electron chi connectivity index (χ3n) is 2.81. The standard InChI is InChI=1S/C16H22N2OS/c1-12-6-7-15(14(9-12)5-4-8-17)16(19)18-10-13(2)11-20-3/h6-7,9,13H,8,10-11,17H2,1-3H3,(H,18,19). The fraction of sp³-hybridized carbons (Fsp3) is 0.438. The molecule has 0 radical (unpaired) electrons. The maximum absolute atomic E-state index is 12.2. The van der Waals surface area contributed by atoms with Gasteiger partial charge >= 0.3 is 0 Å². The second kappa shape index (κ2) is 8.68. The van der Waals surface area contributed by atoms with Gasteiger partial charge in [0, 0.05) is 12.1 Å². The normalized spacial score (nSPS) is 11.4. The van der Waals surface area contributed by atoms with Crippen LogP contribution >= 0.6 is 11.8 Å². The smallest absolute Gasteiger partial charge is 0.252 e. The van der Waals surface area contributed by atoms with Gasteiger partial charge in [0.1, 0.15) is 0 Å². The highest BCUT2D eigenvalue weighted by atomic mass is 32.2. The Labute approximate surface area is 125 Å². The second-order valence-corrected chi connectivity index (χ2v) is 5.74. The minimum Gasteiger partial charge on any atom is -0.352 e. The number of rotatable bonds is 5. The molecule has 0 aliphatic rings. The molecular weight excluding hydrogens is 268 g/mol. The summed E-state index contributed by atoms with van der Waals surface area (Å²) >= 11 is 1.79. The van der Waals surface area contributed by atoms with Crippen LogP contribution < -0.4 is 11.1 Å². The zero-order valence-electron chi connectivity index (χ0n) is 12.3. The molecule has 3 nitrogen and oxygen atoms in total. The van der Waals surface area contributed by atoms with Crippen LogP contribution in [-0.2, 0) is 0 Å². The zero-order valence-corrected chi connectivity index (χ0v) is 13.1. The van der Waals surface area contributed by atoms with E-state index in [2.05, 4.69) is 30.3 Å². The number of carbonyl (C=O) groups excluding carboxylic acids is 1. The van der Waals surface area contributed by atoms with Gasteiger partial charge in [-0.3, -0.25) is 4.79 Å². The van der Waals surface area contributed by atoms with Crippen LogP contribution in [0, 0.1) is 24.7 Å². The number of hydrogen-bond donors (Lipinski definition) is 2. The van der Waals surface area contributed by atoms with Crippen LogP contribution in [0.4, 0.5) is 0 Å². The first-order valence-corrected chi connectivity index (χ1v) is 8.04. The van der Waals surface area contributed by atoms with E-state index in [1.54, 1.807) is 11.8 Å². The van der Waals surface area contributed by atoms with Crippen LogP contribution in [0.2, 0.25) is 0 Å².